The maximum atomic E-state index is 12.2. The normalized spacial score (nSPS) is 11.6. The molecule has 0 aliphatic carbocycles. The lowest BCUT2D eigenvalue weighted by Gasteiger charge is -2.11. The number of aromatic nitrogens is 6. The van der Waals surface area contributed by atoms with Crippen molar-refractivity contribution in [3.05, 3.63) is 65.0 Å². The molecule has 0 saturated heterocycles. The molecular formula is C21H22N6O3. The average molecular weight is 406 g/mol. The molecule has 0 atom stereocenters. The molecule has 0 aromatic carbocycles. The van der Waals surface area contributed by atoms with Crippen molar-refractivity contribution in [1.29, 1.82) is 0 Å². The summed E-state index contributed by atoms with van der Waals surface area (Å²) in [5, 5.41) is 8.44. The smallest absolute Gasteiger partial charge is 0.443 e. The predicted molar refractivity (Wildman–Crippen MR) is 110 cm³/mol. The van der Waals surface area contributed by atoms with Gasteiger partial charge in [0.1, 0.15) is 11.5 Å². The first kappa shape index (κ1) is 19.6. The SMILES string of the molecule is Cc1nc(-n2nc(C(C)(C)C)oc2=O)ccc1Oc1ccnc(-c2cnn(C)c2)c1. The summed E-state index contributed by atoms with van der Waals surface area (Å²) in [5.41, 5.74) is 1.88. The van der Waals surface area contributed by atoms with Gasteiger partial charge in [-0.15, -0.1) is 9.78 Å². The molecule has 4 heterocycles. The van der Waals surface area contributed by atoms with Crippen molar-refractivity contribution < 1.29 is 9.15 Å². The molecule has 0 unspecified atom stereocenters. The Labute approximate surface area is 173 Å². The summed E-state index contributed by atoms with van der Waals surface area (Å²) in [4.78, 5) is 21.0. The van der Waals surface area contributed by atoms with Crippen LogP contribution >= 0.6 is 0 Å². The van der Waals surface area contributed by atoms with Crippen LogP contribution in [-0.2, 0) is 12.5 Å². The summed E-state index contributed by atoms with van der Waals surface area (Å²) >= 11 is 0. The van der Waals surface area contributed by atoms with Crippen molar-refractivity contribution in [2.45, 2.75) is 33.1 Å². The second-order valence-electron chi connectivity index (χ2n) is 7.97. The van der Waals surface area contributed by atoms with Crippen LogP contribution in [-0.4, -0.2) is 29.5 Å². The van der Waals surface area contributed by atoms with Crippen LogP contribution in [0.3, 0.4) is 0 Å². The minimum atomic E-state index is -0.573. The zero-order chi connectivity index (χ0) is 21.5. The molecule has 9 nitrogen and oxygen atoms in total. The molecule has 4 rings (SSSR count). The van der Waals surface area contributed by atoms with E-state index in [2.05, 4.69) is 20.2 Å². The van der Waals surface area contributed by atoms with Crippen LogP contribution in [0.2, 0.25) is 0 Å². The largest absolute Gasteiger partial charge is 0.455 e. The van der Waals surface area contributed by atoms with E-state index < -0.39 is 5.76 Å². The van der Waals surface area contributed by atoms with E-state index in [4.69, 9.17) is 9.15 Å². The van der Waals surface area contributed by atoms with Gasteiger partial charge in [-0.25, -0.2) is 9.78 Å². The Hall–Kier alpha value is -3.75. The molecule has 0 aliphatic heterocycles. The van der Waals surface area contributed by atoms with Gasteiger partial charge in [-0.05, 0) is 25.1 Å². The molecule has 0 N–H and O–H groups in total. The van der Waals surface area contributed by atoms with Crippen LogP contribution in [0.25, 0.3) is 17.1 Å². The molecule has 154 valence electrons. The maximum absolute atomic E-state index is 12.2. The van der Waals surface area contributed by atoms with Gasteiger partial charge in [-0.1, -0.05) is 20.8 Å². The summed E-state index contributed by atoms with van der Waals surface area (Å²) in [6.07, 6.45) is 5.31. The molecular weight excluding hydrogens is 384 g/mol. The quantitative estimate of drug-likeness (QED) is 0.512. The lowest BCUT2D eigenvalue weighted by Crippen LogP contribution is -2.16. The maximum Gasteiger partial charge on any atom is 0.443 e. The van der Waals surface area contributed by atoms with Crippen molar-refractivity contribution in [2.75, 3.05) is 0 Å². The first-order chi connectivity index (χ1) is 14.2. The highest BCUT2D eigenvalue weighted by Gasteiger charge is 2.23. The van der Waals surface area contributed by atoms with Gasteiger partial charge in [0.2, 0.25) is 5.89 Å². The monoisotopic (exact) mass is 406 g/mol. The molecule has 0 bridgehead atoms. The lowest BCUT2D eigenvalue weighted by molar-refractivity contribution is 0.375. The van der Waals surface area contributed by atoms with Gasteiger partial charge in [0.15, 0.2) is 5.82 Å². The third-order valence-corrected chi connectivity index (χ3v) is 4.39. The van der Waals surface area contributed by atoms with Crippen LogP contribution < -0.4 is 10.5 Å². The first-order valence-electron chi connectivity index (χ1n) is 9.42. The molecule has 4 aromatic heterocycles. The van der Waals surface area contributed by atoms with Crippen LogP contribution in [0.1, 0.15) is 32.4 Å². The highest BCUT2D eigenvalue weighted by Crippen LogP contribution is 2.27. The fourth-order valence-electron chi connectivity index (χ4n) is 2.80. The fraction of sp³-hybridized carbons (Fsp3) is 0.286. The van der Waals surface area contributed by atoms with E-state index in [1.54, 1.807) is 42.2 Å². The Morgan fingerprint density at radius 2 is 1.97 bits per heavy atom. The molecule has 0 fully saturated rings. The first-order valence-corrected chi connectivity index (χ1v) is 9.42. The second-order valence-corrected chi connectivity index (χ2v) is 7.97. The van der Waals surface area contributed by atoms with Crippen LogP contribution in [0.5, 0.6) is 11.5 Å². The predicted octanol–water partition coefficient (Wildman–Crippen LogP) is 3.41. The number of aryl methyl sites for hydroxylation is 2. The highest BCUT2D eigenvalue weighted by atomic mass is 16.5. The number of nitrogens with zero attached hydrogens (tertiary/aromatic N) is 6. The Balaban J connectivity index is 1.61. The van der Waals surface area contributed by atoms with Gasteiger partial charge >= 0.3 is 5.76 Å². The van der Waals surface area contributed by atoms with Crippen LogP contribution in [0.15, 0.2) is 52.1 Å². The van der Waals surface area contributed by atoms with E-state index in [0.717, 1.165) is 15.9 Å². The number of rotatable bonds is 4. The zero-order valence-electron chi connectivity index (χ0n) is 17.4. The van der Waals surface area contributed by atoms with Gasteiger partial charge in [0.25, 0.3) is 0 Å². The van der Waals surface area contributed by atoms with Crippen molar-refractivity contribution in [3.63, 3.8) is 0 Å². The van der Waals surface area contributed by atoms with Crippen molar-refractivity contribution in [3.8, 4) is 28.6 Å². The van der Waals surface area contributed by atoms with E-state index in [0.29, 0.717) is 28.9 Å². The molecule has 4 aromatic rings. The third-order valence-electron chi connectivity index (χ3n) is 4.39. The molecule has 0 spiro atoms. The van der Waals surface area contributed by atoms with E-state index in [1.165, 1.54) is 0 Å². The summed E-state index contributed by atoms with van der Waals surface area (Å²) in [6.45, 7) is 7.57. The van der Waals surface area contributed by atoms with E-state index in [-0.39, 0.29) is 5.41 Å². The number of ether oxygens (including phenoxy) is 1. The second kappa shape index (κ2) is 7.25. The molecule has 0 radical (unpaired) electrons. The Morgan fingerprint density at radius 3 is 2.60 bits per heavy atom. The Kier molecular flexibility index (Phi) is 4.73. The molecule has 0 amide bonds. The standard InChI is InChI=1S/C21H22N6O3/c1-13-17(29-15-8-9-22-16(10-15)14-11-23-26(5)12-14)6-7-18(24-13)27-20(28)30-19(25-27)21(2,3)4/h6-12H,1-5H3. The minimum absolute atomic E-state index is 0.354. The molecule has 0 saturated carbocycles. The summed E-state index contributed by atoms with van der Waals surface area (Å²) in [5.74, 6) is 1.34. The fourth-order valence-corrected chi connectivity index (χ4v) is 2.80. The summed E-state index contributed by atoms with van der Waals surface area (Å²) in [6, 6.07) is 7.02. The van der Waals surface area contributed by atoms with E-state index in [1.807, 2.05) is 40.1 Å². The molecule has 0 aliphatic rings. The summed E-state index contributed by atoms with van der Waals surface area (Å²) < 4.78 is 14.1. The van der Waals surface area contributed by atoms with Gasteiger partial charge < -0.3 is 9.15 Å². The van der Waals surface area contributed by atoms with E-state index >= 15 is 0 Å². The van der Waals surface area contributed by atoms with E-state index in [9.17, 15) is 4.79 Å². The van der Waals surface area contributed by atoms with Crippen LogP contribution in [0, 0.1) is 6.92 Å². The van der Waals surface area contributed by atoms with Crippen molar-refractivity contribution in [2.24, 2.45) is 7.05 Å². The highest BCUT2D eigenvalue weighted by molar-refractivity contribution is 5.58. The average Bonchev–Trinajstić information content (AvgIpc) is 3.29. The van der Waals surface area contributed by atoms with Gasteiger partial charge in [-0.3, -0.25) is 9.67 Å². The molecule has 30 heavy (non-hydrogen) atoms. The Morgan fingerprint density at radius 1 is 1.17 bits per heavy atom. The molecule has 9 heteroatoms. The van der Waals surface area contributed by atoms with Crippen molar-refractivity contribution >= 4 is 0 Å². The van der Waals surface area contributed by atoms with Crippen LogP contribution in [0.4, 0.5) is 0 Å². The number of hydrogen-bond acceptors (Lipinski definition) is 7. The zero-order valence-corrected chi connectivity index (χ0v) is 17.4. The minimum Gasteiger partial charge on any atom is -0.455 e. The number of pyridine rings is 2. The Bertz CT molecular complexity index is 1260. The third kappa shape index (κ3) is 3.86. The van der Waals surface area contributed by atoms with Gasteiger partial charge in [-0.2, -0.15) is 5.10 Å². The van der Waals surface area contributed by atoms with Gasteiger partial charge in [0.05, 0.1) is 17.6 Å². The number of hydrogen-bond donors (Lipinski definition) is 0. The van der Waals surface area contributed by atoms with Gasteiger partial charge in [0, 0.05) is 36.5 Å². The summed E-state index contributed by atoms with van der Waals surface area (Å²) in [7, 11) is 1.85. The lowest BCUT2D eigenvalue weighted by atomic mass is 9.97. The topological polar surface area (TPSA) is 101 Å². The van der Waals surface area contributed by atoms with Crippen molar-refractivity contribution in [1.82, 2.24) is 29.5 Å².